The van der Waals surface area contributed by atoms with Crippen molar-refractivity contribution >= 4 is 21.7 Å². The van der Waals surface area contributed by atoms with Crippen LogP contribution in [-0.2, 0) is 21.4 Å². The van der Waals surface area contributed by atoms with Gasteiger partial charge in [0.25, 0.3) is 0 Å². The molecular formula is C23H30N4O3S. The van der Waals surface area contributed by atoms with Crippen LogP contribution in [0.2, 0.25) is 0 Å². The molecule has 2 aromatic rings. The normalized spacial score (nSPS) is 20.4. The molecule has 2 saturated heterocycles. The summed E-state index contributed by atoms with van der Waals surface area (Å²) >= 11 is 0. The first-order chi connectivity index (χ1) is 15.1. The Balaban J connectivity index is 1.40. The fraction of sp³-hybridized carbons (Fsp3) is 0.478. The van der Waals surface area contributed by atoms with Crippen molar-refractivity contribution in [3.63, 3.8) is 0 Å². The van der Waals surface area contributed by atoms with Crippen molar-refractivity contribution in [3.8, 4) is 0 Å². The molecule has 1 aromatic heterocycles. The Morgan fingerprint density at radius 1 is 0.968 bits per heavy atom. The number of hydrogen-bond acceptors (Lipinski definition) is 5. The van der Waals surface area contributed by atoms with Gasteiger partial charge in [-0.2, -0.15) is 4.31 Å². The fourth-order valence-corrected chi connectivity index (χ4v) is 6.00. The minimum atomic E-state index is -3.70. The van der Waals surface area contributed by atoms with E-state index in [1.807, 2.05) is 12.1 Å². The van der Waals surface area contributed by atoms with E-state index in [9.17, 15) is 13.2 Å². The van der Waals surface area contributed by atoms with Gasteiger partial charge in [-0.05, 0) is 55.9 Å². The number of rotatable bonds is 6. The number of amides is 1. The lowest BCUT2D eigenvalue weighted by molar-refractivity contribution is -0.125. The van der Waals surface area contributed by atoms with Crippen LogP contribution in [0.4, 0.5) is 5.82 Å². The molecule has 0 bridgehead atoms. The summed E-state index contributed by atoms with van der Waals surface area (Å²) in [7, 11) is -3.70. The predicted molar refractivity (Wildman–Crippen MR) is 120 cm³/mol. The van der Waals surface area contributed by atoms with E-state index >= 15 is 0 Å². The highest BCUT2D eigenvalue weighted by Gasteiger charge is 2.37. The summed E-state index contributed by atoms with van der Waals surface area (Å²) < 4.78 is 27.6. The molecule has 0 aliphatic carbocycles. The topological polar surface area (TPSA) is 82.6 Å². The first kappa shape index (κ1) is 21.8. The number of sulfonamides is 1. The van der Waals surface area contributed by atoms with Gasteiger partial charge in [0, 0.05) is 32.4 Å². The van der Waals surface area contributed by atoms with Gasteiger partial charge in [0.05, 0.1) is 4.90 Å². The molecular weight excluding hydrogens is 412 g/mol. The summed E-state index contributed by atoms with van der Waals surface area (Å²) in [5.74, 6) is 0.724. The van der Waals surface area contributed by atoms with Crippen LogP contribution in [0.5, 0.6) is 0 Å². The van der Waals surface area contributed by atoms with Gasteiger partial charge in [-0.1, -0.05) is 30.7 Å². The lowest BCUT2D eigenvalue weighted by Gasteiger charge is -2.33. The predicted octanol–water partition coefficient (Wildman–Crippen LogP) is 2.93. The number of nitrogens with zero attached hydrogens (tertiary/aromatic N) is 3. The Bertz CT molecular complexity index is 974. The molecule has 2 aliphatic heterocycles. The van der Waals surface area contributed by atoms with Gasteiger partial charge < -0.3 is 10.2 Å². The highest BCUT2D eigenvalue weighted by molar-refractivity contribution is 7.89. The Morgan fingerprint density at radius 2 is 1.71 bits per heavy atom. The van der Waals surface area contributed by atoms with Crippen molar-refractivity contribution in [3.05, 3.63) is 54.2 Å². The van der Waals surface area contributed by atoms with Crippen LogP contribution in [0.1, 0.15) is 44.1 Å². The standard InChI is InChI=1S/C23H30N4O3S/c28-23(25-18-19-12-13-22(24-17-19)26-14-6-2-7-15-26)21-11-5-8-16-27(21)31(29,30)20-9-3-1-4-10-20/h1,3-4,9-10,12-13,17,21H,2,5-8,11,14-16,18H2,(H,25,28)/t21-/m1/s1. The third-order valence-corrected chi connectivity index (χ3v) is 7.98. The van der Waals surface area contributed by atoms with Gasteiger partial charge in [-0.25, -0.2) is 13.4 Å². The molecule has 1 aromatic carbocycles. The van der Waals surface area contributed by atoms with Crippen LogP contribution in [0.3, 0.4) is 0 Å². The number of hydrogen-bond donors (Lipinski definition) is 1. The number of carbonyl (C=O) groups is 1. The molecule has 1 amide bonds. The van der Waals surface area contributed by atoms with E-state index in [1.54, 1.807) is 36.5 Å². The van der Waals surface area contributed by atoms with Crippen molar-refractivity contribution in [2.24, 2.45) is 0 Å². The summed E-state index contributed by atoms with van der Waals surface area (Å²) in [4.78, 5) is 20.0. The highest BCUT2D eigenvalue weighted by atomic mass is 32.2. The van der Waals surface area contributed by atoms with Crippen LogP contribution in [0, 0.1) is 0 Å². The van der Waals surface area contributed by atoms with Crippen molar-refractivity contribution in [2.75, 3.05) is 24.5 Å². The van der Waals surface area contributed by atoms with E-state index < -0.39 is 16.1 Å². The number of carbonyl (C=O) groups excluding carboxylic acids is 1. The summed E-state index contributed by atoms with van der Waals surface area (Å²) in [5, 5.41) is 2.92. The molecule has 3 heterocycles. The van der Waals surface area contributed by atoms with Crippen LogP contribution < -0.4 is 10.2 Å². The third kappa shape index (κ3) is 5.07. The second-order valence-corrected chi connectivity index (χ2v) is 10.1. The molecule has 2 aliphatic rings. The zero-order chi connectivity index (χ0) is 21.7. The second-order valence-electron chi connectivity index (χ2n) is 8.23. The number of benzene rings is 1. The molecule has 31 heavy (non-hydrogen) atoms. The average Bonchev–Trinajstić information content (AvgIpc) is 2.84. The molecule has 166 valence electrons. The fourth-order valence-electron chi connectivity index (χ4n) is 4.32. The molecule has 0 radical (unpaired) electrons. The van der Waals surface area contributed by atoms with Gasteiger partial charge in [0.2, 0.25) is 15.9 Å². The number of nitrogens with one attached hydrogen (secondary N) is 1. The van der Waals surface area contributed by atoms with E-state index in [4.69, 9.17) is 0 Å². The van der Waals surface area contributed by atoms with Crippen LogP contribution >= 0.6 is 0 Å². The summed E-state index contributed by atoms with van der Waals surface area (Å²) in [6, 6.07) is 11.6. The minimum Gasteiger partial charge on any atom is -0.357 e. The lowest BCUT2D eigenvalue weighted by atomic mass is 10.0. The summed E-state index contributed by atoms with van der Waals surface area (Å²) in [6.07, 6.45) is 7.60. The van der Waals surface area contributed by atoms with E-state index in [-0.39, 0.29) is 10.8 Å². The van der Waals surface area contributed by atoms with Gasteiger partial charge >= 0.3 is 0 Å². The molecule has 0 unspecified atom stereocenters. The van der Waals surface area contributed by atoms with Crippen molar-refractivity contribution in [1.29, 1.82) is 0 Å². The van der Waals surface area contributed by atoms with Gasteiger partial charge in [-0.15, -0.1) is 0 Å². The average molecular weight is 443 g/mol. The molecule has 4 rings (SSSR count). The minimum absolute atomic E-state index is 0.229. The molecule has 0 spiro atoms. The largest absolute Gasteiger partial charge is 0.357 e. The zero-order valence-electron chi connectivity index (χ0n) is 17.7. The Hall–Kier alpha value is -2.45. The van der Waals surface area contributed by atoms with Gasteiger partial charge in [-0.3, -0.25) is 4.79 Å². The first-order valence-corrected chi connectivity index (χ1v) is 12.5. The van der Waals surface area contributed by atoms with Crippen molar-refractivity contribution < 1.29 is 13.2 Å². The number of aromatic nitrogens is 1. The maximum atomic E-state index is 13.1. The van der Waals surface area contributed by atoms with E-state index in [1.165, 1.54) is 23.6 Å². The lowest BCUT2D eigenvalue weighted by Crippen LogP contribution is -2.51. The highest BCUT2D eigenvalue weighted by Crippen LogP contribution is 2.25. The van der Waals surface area contributed by atoms with E-state index in [0.29, 0.717) is 19.5 Å². The summed E-state index contributed by atoms with van der Waals surface area (Å²) in [6.45, 7) is 2.77. The molecule has 2 fully saturated rings. The monoisotopic (exact) mass is 442 g/mol. The maximum absolute atomic E-state index is 13.1. The number of piperidine rings is 2. The third-order valence-electron chi connectivity index (χ3n) is 6.06. The van der Waals surface area contributed by atoms with E-state index in [0.717, 1.165) is 37.3 Å². The Morgan fingerprint density at radius 3 is 2.42 bits per heavy atom. The quantitative estimate of drug-likeness (QED) is 0.744. The molecule has 1 atom stereocenters. The van der Waals surface area contributed by atoms with Crippen molar-refractivity contribution in [1.82, 2.24) is 14.6 Å². The molecule has 7 nitrogen and oxygen atoms in total. The van der Waals surface area contributed by atoms with Crippen molar-refractivity contribution in [2.45, 2.75) is 56.0 Å². The zero-order valence-corrected chi connectivity index (χ0v) is 18.6. The maximum Gasteiger partial charge on any atom is 0.243 e. The van der Waals surface area contributed by atoms with Crippen LogP contribution in [-0.4, -0.2) is 49.3 Å². The SMILES string of the molecule is O=C(NCc1ccc(N2CCCCC2)nc1)[C@H]1CCCCN1S(=O)(=O)c1ccccc1. The Labute approximate surface area is 184 Å². The van der Waals surface area contributed by atoms with Crippen LogP contribution in [0.15, 0.2) is 53.6 Å². The number of pyridine rings is 1. The van der Waals surface area contributed by atoms with Gasteiger partial charge in [0.1, 0.15) is 11.9 Å². The Kier molecular flexibility index (Phi) is 6.87. The first-order valence-electron chi connectivity index (χ1n) is 11.1. The molecule has 8 heteroatoms. The number of anilines is 1. The molecule has 1 N–H and O–H groups in total. The van der Waals surface area contributed by atoms with Gasteiger partial charge in [0.15, 0.2) is 0 Å². The smallest absolute Gasteiger partial charge is 0.243 e. The van der Waals surface area contributed by atoms with Crippen LogP contribution in [0.25, 0.3) is 0 Å². The summed E-state index contributed by atoms with van der Waals surface area (Å²) in [5.41, 5.74) is 0.905. The van der Waals surface area contributed by atoms with E-state index in [2.05, 4.69) is 15.2 Å². The second kappa shape index (κ2) is 9.78. The molecule has 0 saturated carbocycles.